The van der Waals surface area contributed by atoms with Crippen LogP contribution in [-0.4, -0.2) is 29.3 Å². The molecule has 0 unspecified atom stereocenters. The van der Waals surface area contributed by atoms with E-state index >= 15 is 0 Å². The van der Waals surface area contributed by atoms with Gasteiger partial charge in [-0.25, -0.2) is 4.79 Å². The summed E-state index contributed by atoms with van der Waals surface area (Å²) < 4.78 is 0. The van der Waals surface area contributed by atoms with E-state index in [0.717, 1.165) is 10.5 Å². The maximum absolute atomic E-state index is 12.2. The van der Waals surface area contributed by atoms with Gasteiger partial charge in [-0.05, 0) is 37.0 Å². The van der Waals surface area contributed by atoms with Crippen molar-refractivity contribution in [1.29, 1.82) is 0 Å². The number of hydrogen-bond donors (Lipinski definition) is 1. The third kappa shape index (κ3) is 2.08. The Morgan fingerprint density at radius 2 is 1.80 bits per heavy atom. The predicted octanol–water partition coefficient (Wildman–Crippen LogP) is 1.74. The molecule has 1 N–H and O–H groups in total. The zero-order chi connectivity index (χ0) is 14.3. The third-order valence-electron chi connectivity index (χ3n) is 3.84. The molecule has 2 aliphatic rings. The minimum Gasteiger partial charge on any atom is -0.277 e. The lowest BCUT2D eigenvalue weighted by molar-refractivity contribution is -0.144. The van der Waals surface area contributed by atoms with E-state index in [1.807, 2.05) is 12.1 Å². The molecule has 0 radical (unpaired) electrons. The molecule has 1 saturated heterocycles. The Morgan fingerprint density at radius 3 is 2.40 bits per heavy atom. The van der Waals surface area contributed by atoms with Crippen molar-refractivity contribution in [1.82, 2.24) is 10.2 Å². The van der Waals surface area contributed by atoms with Crippen LogP contribution >= 0.6 is 11.6 Å². The SMILES string of the molecule is O=C1NC(=O)C2(CC2)C(=O)N1CCc1ccc(Cl)cc1. The fourth-order valence-electron chi connectivity index (χ4n) is 2.39. The Labute approximate surface area is 120 Å². The zero-order valence-electron chi connectivity index (χ0n) is 10.7. The van der Waals surface area contributed by atoms with Crippen LogP contribution in [0.1, 0.15) is 18.4 Å². The molecule has 5 nitrogen and oxygen atoms in total. The van der Waals surface area contributed by atoms with E-state index < -0.39 is 17.4 Å². The first kappa shape index (κ1) is 13.1. The molecule has 3 rings (SSSR count). The Kier molecular flexibility index (Phi) is 3.01. The van der Waals surface area contributed by atoms with Crippen LogP contribution in [-0.2, 0) is 16.0 Å². The van der Waals surface area contributed by atoms with Crippen LogP contribution in [0.4, 0.5) is 4.79 Å². The average Bonchev–Trinajstić information content (AvgIpc) is 3.21. The molecular weight excluding hydrogens is 280 g/mol. The summed E-state index contributed by atoms with van der Waals surface area (Å²) in [7, 11) is 0. The second kappa shape index (κ2) is 4.59. The molecule has 20 heavy (non-hydrogen) atoms. The molecular formula is C14H13ClN2O3. The maximum atomic E-state index is 12.2. The zero-order valence-corrected chi connectivity index (χ0v) is 11.4. The van der Waals surface area contributed by atoms with Crippen molar-refractivity contribution in [2.75, 3.05) is 6.54 Å². The van der Waals surface area contributed by atoms with Crippen LogP contribution in [0, 0.1) is 5.41 Å². The van der Waals surface area contributed by atoms with Gasteiger partial charge in [0.1, 0.15) is 5.41 Å². The van der Waals surface area contributed by atoms with Gasteiger partial charge >= 0.3 is 6.03 Å². The molecule has 1 aromatic rings. The van der Waals surface area contributed by atoms with Crippen LogP contribution in [0.5, 0.6) is 0 Å². The van der Waals surface area contributed by atoms with Gasteiger partial charge in [0.05, 0.1) is 0 Å². The number of barbiturate groups is 1. The molecule has 4 amide bonds. The largest absolute Gasteiger partial charge is 0.330 e. The highest BCUT2D eigenvalue weighted by atomic mass is 35.5. The summed E-state index contributed by atoms with van der Waals surface area (Å²) in [6.45, 7) is 0.265. The van der Waals surface area contributed by atoms with Gasteiger partial charge in [-0.3, -0.25) is 19.8 Å². The van der Waals surface area contributed by atoms with Gasteiger partial charge in [0.2, 0.25) is 11.8 Å². The lowest BCUT2D eigenvalue weighted by Gasteiger charge is -2.30. The van der Waals surface area contributed by atoms with E-state index in [2.05, 4.69) is 5.32 Å². The number of nitrogens with one attached hydrogen (secondary N) is 1. The normalized spacial score (nSPS) is 20.2. The van der Waals surface area contributed by atoms with E-state index in [4.69, 9.17) is 11.6 Å². The standard InChI is InChI=1S/C14H13ClN2O3/c15-10-3-1-9(2-4-10)5-8-17-12(19)14(6-7-14)11(18)16-13(17)20/h1-4H,5-8H2,(H,16,18,20). The highest BCUT2D eigenvalue weighted by Gasteiger charge is 2.61. The number of hydrogen-bond acceptors (Lipinski definition) is 3. The quantitative estimate of drug-likeness (QED) is 0.863. The molecule has 0 bridgehead atoms. The van der Waals surface area contributed by atoms with Crippen molar-refractivity contribution >= 4 is 29.4 Å². The first-order valence-corrected chi connectivity index (χ1v) is 6.82. The van der Waals surface area contributed by atoms with Crippen molar-refractivity contribution in [2.45, 2.75) is 19.3 Å². The Balaban J connectivity index is 1.70. The lowest BCUT2D eigenvalue weighted by atomic mass is 10.0. The summed E-state index contributed by atoms with van der Waals surface area (Å²) in [5, 5.41) is 2.91. The van der Waals surface area contributed by atoms with Crippen LogP contribution in [0.25, 0.3) is 0 Å². The minimum atomic E-state index is -0.964. The van der Waals surface area contributed by atoms with Crippen LogP contribution in [0.15, 0.2) is 24.3 Å². The van der Waals surface area contributed by atoms with E-state index in [0.29, 0.717) is 24.3 Å². The molecule has 2 fully saturated rings. The molecule has 1 saturated carbocycles. The fraction of sp³-hybridized carbons (Fsp3) is 0.357. The van der Waals surface area contributed by atoms with Gasteiger partial charge in [0.25, 0.3) is 0 Å². The minimum absolute atomic E-state index is 0.265. The summed E-state index contributed by atoms with van der Waals surface area (Å²) in [5.41, 5.74) is 0.0187. The first-order chi connectivity index (χ1) is 9.53. The summed E-state index contributed by atoms with van der Waals surface area (Å²) in [4.78, 5) is 36.8. The van der Waals surface area contributed by atoms with E-state index in [9.17, 15) is 14.4 Å². The van der Waals surface area contributed by atoms with Gasteiger partial charge < -0.3 is 0 Å². The molecule has 1 aliphatic heterocycles. The molecule has 0 atom stereocenters. The monoisotopic (exact) mass is 292 g/mol. The predicted molar refractivity (Wildman–Crippen MR) is 72.1 cm³/mol. The first-order valence-electron chi connectivity index (χ1n) is 6.45. The van der Waals surface area contributed by atoms with Crippen LogP contribution in [0.2, 0.25) is 5.02 Å². The molecule has 1 spiro atoms. The fourth-order valence-corrected chi connectivity index (χ4v) is 2.52. The topological polar surface area (TPSA) is 66.5 Å². The highest BCUT2D eigenvalue weighted by molar-refractivity contribution is 6.30. The number of carbonyl (C=O) groups is 3. The number of nitrogens with zero attached hydrogens (tertiary/aromatic N) is 1. The lowest BCUT2D eigenvalue weighted by Crippen LogP contribution is -2.59. The van der Waals surface area contributed by atoms with Crippen molar-refractivity contribution in [3.8, 4) is 0 Å². The number of urea groups is 1. The molecule has 1 heterocycles. The summed E-state index contributed by atoms with van der Waals surface area (Å²) in [6.07, 6.45) is 1.60. The van der Waals surface area contributed by atoms with Crippen molar-refractivity contribution < 1.29 is 14.4 Å². The Hall–Kier alpha value is -1.88. The number of amides is 4. The molecule has 0 aromatic heterocycles. The second-order valence-corrected chi connectivity index (χ2v) is 5.61. The number of imide groups is 2. The number of carbonyl (C=O) groups excluding carboxylic acids is 3. The third-order valence-corrected chi connectivity index (χ3v) is 4.09. The van der Waals surface area contributed by atoms with E-state index in [1.165, 1.54) is 0 Å². The van der Waals surface area contributed by atoms with E-state index in [-0.39, 0.29) is 12.5 Å². The van der Waals surface area contributed by atoms with Crippen molar-refractivity contribution in [3.05, 3.63) is 34.9 Å². The number of benzene rings is 1. The summed E-state index contributed by atoms with van der Waals surface area (Å²) in [5.74, 6) is -0.810. The summed E-state index contributed by atoms with van der Waals surface area (Å²) in [6, 6.07) is 6.62. The van der Waals surface area contributed by atoms with Gasteiger partial charge in [-0.15, -0.1) is 0 Å². The van der Waals surface area contributed by atoms with Gasteiger partial charge in [-0.2, -0.15) is 0 Å². The van der Waals surface area contributed by atoms with Gasteiger partial charge in [-0.1, -0.05) is 23.7 Å². The summed E-state index contributed by atoms with van der Waals surface area (Å²) >= 11 is 5.80. The second-order valence-electron chi connectivity index (χ2n) is 5.17. The average molecular weight is 293 g/mol. The Morgan fingerprint density at radius 1 is 1.15 bits per heavy atom. The maximum Gasteiger partial charge on any atom is 0.330 e. The van der Waals surface area contributed by atoms with Crippen molar-refractivity contribution in [3.63, 3.8) is 0 Å². The molecule has 104 valence electrons. The number of halogens is 1. The molecule has 6 heteroatoms. The smallest absolute Gasteiger partial charge is 0.277 e. The Bertz CT molecular complexity index is 593. The van der Waals surface area contributed by atoms with Gasteiger partial charge in [0.15, 0.2) is 0 Å². The van der Waals surface area contributed by atoms with Gasteiger partial charge in [0, 0.05) is 11.6 Å². The van der Waals surface area contributed by atoms with Crippen LogP contribution in [0.3, 0.4) is 0 Å². The molecule has 1 aromatic carbocycles. The molecule has 1 aliphatic carbocycles. The highest BCUT2D eigenvalue weighted by Crippen LogP contribution is 2.48. The van der Waals surface area contributed by atoms with E-state index in [1.54, 1.807) is 12.1 Å². The van der Waals surface area contributed by atoms with Crippen molar-refractivity contribution in [2.24, 2.45) is 5.41 Å². The number of rotatable bonds is 3. The van der Waals surface area contributed by atoms with Crippen LogP contribution < -0.4 is 5.32 Å².